The van der Waals surface area contributed by atoms with Gasteiger partial charge in [-0.25, -0.2) is 9.97 Å². The number of aryl methyl sites for hydroxylation is 1. The van der Waals surface area contributed by atoms with Crippen molar-refractivity contribution in [3.05, 3.63) is 40.2 Å². The molecule has 3 heterocycles. The number of aromatic nitrogens is 4. The first-order valence-electron chi connectivity index (χ1n) is 11.0. The summed E-state index contributed by atoms with van der Waals surface area (Å²) in [7, 11) is 0. The van der Waals surface area contributed by atoms with E-state index in [0.29, 0.717) is 5.92 Å². The highest BCUT2D eigenvalue weighted by molar-refractivity contribution is 5.27. The van der Waals surface area contributed by atoms with Crippen molar-refractivity contribution in [3.8, 4) is 0 Å². The Kier molecular flexibility index (Phi) is 5.30. The van der Waals surface area contributed by atoms with Crippen LogP contribution in [-0.2, 0) is 25.0 Å². The van der Waals surface area contributed by atoms with Crippen molar-refractivity contribution in [2.45, 2.75) is 97.7 Å². The van der Waals surface area contributed by atoms with E-state index >= 15 is 0 Å². The van der Waals surface area contributed by atoms with Gasteiger partial charge in [0.25, 0.3) is 0 Å². The predicted octanol–water partition coefficient (Wildman–Crippen LogP) is 4.65. The molecule has 2 aromatic rings. The monoisotopic (exact) mass is 381 g/mol. The van der Waals surface area contributed by atoms with Crippen LogP contribution in [0.5, 0.6) is 0 Å². The first-order chi connectivity index (χ1) is 13.3. The molecule has 2 aliphatic rings. The molecule has 0 amide bonds. The summed E-state index contributed by atoms with van der Waals surface area (Å²) in [4.78, 5) is 12.3. The third-order valence-corrected chi connectivity index (χ3v) is 6.46. The summed E-state index contributed by atoms with van der Waals surface area (Å²) in [5.74, 6) is 1.69. The molecule has 5 heteroatoms. The van der Waals surface area contributed by atoms with Gasteiger partial charge in [-0.15, -0.1) is 0 Å². The van der Waals surface area contributed by atoms with Crippen LogP contribution in [0.15, 0.2) is 6.20 Å². The third-order valence-electron chi connectivity index (χ3n) is 6.46. The number of hydrogen-bond donors (Lipinski definition) is 0. The smallest absolute Gasteiger partial charge is 0.131 e. The van der Waals surface area contributed by atoms with Crippen molar-refractivity contribution in [1.29, 1.82) is 0 Å². The largest absolute Gasteiger partial charge is 0.294 e. The molecule has 1 aliphatic heterocycles. The van der Waals surface area contributed by atoms with Crippen molar-refractivity contribution in [2.75, 3.05) is 6.54 Å². The quantitative estimate of drug-likeness (QED) is 0.776. The fraction of sp³-hybridized carbons (Fsp3) is 0.696. The van der Waals surface area contributed by atoms with Crippen molar-refractivity contribution in [2.24, 2.45) is 0 Å². The molecule has 1 fully saturated rings. The van der Waals surface area contributed by atoms with E-state index in [0.717, 1.165) is 37.6 Å². The highest BCUT2D eigenvalue weighted by Crippen LogP contribution is 2.31. The van der Waals surface area contributed by atoms with E-state index in [4.69, 9.17) is 15.1 Å². The zero-order valence-corrected chi connectivity index (χ0v) is 18.3. The van der Waals surface area contributed by atoms with Crippen LogP contribution in [0.4, 0.5) is 0 Å². The Morgan fingerprint density at radius 2 is 1.86 bits per heavy atom. The van der Waals surface area contributed by atoms with E-state index in [2.05, 4.69) is 50.4 Å². The van der Waals surface area contributed by atoms with Crippen LogP contribution in [0.2, 0.25) is 0 Å². The summed E-state index contributed by atoms with van der Waals surface area (Å²) < 4.78 is 2.18. The van der Waals surface area contributed by atoms with Gasteiger partial charge in [-0.05, 0) is 47.5 Å². The average Bonchev–Trinajstić information content (AvgIpc) is 2.97. The molecule has 0 saturated heterocycles. The van der Waals surface area contributed by atoms with Crippen LogP contribution < -0.4 is 0 Å². The topological polar surface area (TPSA) is 46.8 Å². The van der Waals surface area contributed by atoms with Crippen LogP contribution in [0.25, 0.3) is 0 Å². The summed E-state index contributed by atoms with van der Waals surface area (Å²) >= 11 is 0. The van der Waals surface area contributed by atoms with Crippen LogP contribution in [0.1, 0.15) is 92.8 Å². The van der Waals surface area contributed by atoms with Crippen molar-refractivity contribution in [1.82, 2.24) is 24.6 Å². The molecular formula is C23H35N5. The van der Waals surface area contributed by atoms with Gasteiger partial charge in [0.15, 0.2) is 0 Å². The van der Waals surface area contributed by atoms with Crippen LogP contribution in [-0.4, -0.2) is 31.2 Å². The molecule has 5 nitrogen and oxygen atoms in total. The normalized spacial score (nSPS) is 19.0. The summed E-state index contributed by atoms with van der Waals surface area (Å²) in [6.07, 6.45) is 9.71. The van der Waals surface area contributed by atoms with Gasteiger partial charge in [0.1, 0.15) is 5.82 Å². The lowest BCUT2D eigenvalue weighted by Crippen LogP contribution is -2.32. The van der Waals surface area contributed by atoms with E-state index in [1.165, 1.54) is 54.6 Å². The second-order valence-corrected chi connectivity index (χ2v) is 9.73. The maximum atomic E-state index is 5.00. The van der Waals surface area contributed by atoms with Crippen LogP contribution >= 0.6 is 0 Å². The molecule has 0 atom stereocenters. The Morgan fingerprint density at radius 3 is 2.54 bits per heavy atom. The minimum absolute atomic E-state index is 0.0188. The fourth-order valence-electron chi connectivity index (χ4n) is 4.86. The number of hydrogen-bond acceptors (Lipinski definition) is 4. The highest BCUT2D eigenvalue weighted by Gasteiger charge is 2.25. The van der Waals surface area contributed by atoms with Gasteiger partial charge in [-0.3, -0.25) is 9.58 Å². The van der Waals surface area contributed by atoms with Gasteiger partial charge < -0.3 is 0 Å². The molecule has 4 rings (SSSR count). The van der Waals surface area contributed by atoms with Gasteiger partial charge in [0.05, 0.1) is 11.2 Å². The van der Waals surface area contributed by atoms with E-state index in [-0.39, 0.29) is 5.54 Å². The number of nitrogens with zero attached hydrogens (tertiary/aromatic N) is 5. The lowest BCUT2D eigenvalue weighted by atomic mass is 9.88. The molecule has 0 unspecified atom stereocenters. The first-order valence-corrected chi connectivity index (χ1v) is 11.0. The molecule has 0 spiro atoms. The van der Waals surface area contributed by atoms with Gasteiger partial charge in [0, 0.05) is 60.7 Å². The van der Waals surface area contributed by atoms with Gasteiger partial charge in [0.2, 0.25) is 0 Å². The summed E-state index contributed by atoms with van der Waals surface area (Å²) in [6.45, 7) is 14.0. The Balaban J connectivity index is 1.48. The Morgan fingerprint density at radius 1 is 1.11 bits per heavy atom. The van der Waals surface area contributed by atoms with Gasteiger partial charge in [-0.1, -0.05) is 19.3 Å². The first kappa shape index (κ1) is 19.6. The molecule has 28 heavy (non-hydrogen) atoms. The second kappa shape index (κ2) is 7.58. The zero-order valence-electron chi connectivity index (χ0n) is 18.3. The maximum absolute atomic E-state index is 5.00. The molecule has 152 valence electrons. The molecule has 0 bridgehead atoms. The van der Waals surface area contributed by atoms with E-state index in [1.807, 2.05) is 0 Å². The molecule has 0 aromatic carbocycles. The van der Waals surface area contributed by atoms with Gasteiger partial charge in [-0.2, -0.15) is 5.10 Å². The fourth-order valence-corrected chi connectivity index (χ4v) is 4.86. The lowest BCUT2D eigenvalue weighted by Gasteiger charge is -2.29. The molecule has 1 saturated carbocycles. The molecule has 1 aliphatic carbocycles. The second-order valence-electron chi connectivity index (χ2n) is 9.73. The standard InChI is InChI=1S/C23H35N5/c1-16-20(17(2)28(26-16)23(3,4)5)15-27-12-11-21-19(14-27)13-24-22(25-21)18-9-7-6-8-10-18/h13,18H,6-12,14-15H2,1-5H3. The summed E-state index contributed by atoms with van der Waals surface area (Å²) in [6, 6.07) is 0. The summed E-state index contributed by atoms with van der Waals surface area (Å²) in [5.41, 5.74) is 6.43. The Bertz CT molecular complexity index is 839. The predicted molar refractivity (Wildman–Crippen MR) is 112 cm³/mol. The van der Waals surface area contributed by atoms with Crippen LogP contribution in [0.3, 0.4) is 0 Å². The van der Waals surface area contributed by atoms with Crippen LogP contribution in [0, 0.1) is 13.8 Å². The minimum atomic E-state index is 0.0188. The third kappa shape index (κ3) is 3.86. The van der Waals surface area contributed by atoms with Gasteiger partial charge >= 0.3 is 0 Å². The minimum Gasteiger partial charge on any atom is -0.294 e. The number of rotatable bonds is 3. The maximum Gasteiger partial charge on any atom is 0.131 e. The van der Waals surface area contributed by atoms with Crippen molar-refractivity contribution >= 4 is 0 Å². The highest BCUT2D eigenvalue weighted by atomic mass is 15.3. The molecule has 2 aromatic heterocycles. The Labute approximate surface area is 169 Å². The van der Waals surface area contributed by atoms with Crippen molar-refractivity contribution in [3.63, 3.8) is 0 Å². The summed E-state index contributed by atoms with van der Waals surface area (Å²) in [5, 5.41) is 4.82. The van der Waals surface area contributed by atoms with E-state index in [1.54, 1.807) is 0 Å². The van der Waals surface area contributed by atoms with E-state index in [9.17, 15) is 0 Å². The SMILES string of the molecule is Cc1nn(C(C)(C)C)c(C)c1CN1CCc2nc(C3CCCCC3)ncc2C1. The van der Waals surface area contributed by atoms with E-state index < -0.39 is 0 Å². The number of fused-ring (bicyclic) bond motifs is 1. The lowest BCUT2D eigenvalue weighted by molar-refractivity contribution is 0.240. The zero-order chi connectivity index (χ0) is 19.9. The molecule has 0 radical (unpaired) electrons. The Hall–Kier alpha value is -1.75. The average molecular weight is 382 g/mol. The molecule has 0 N–H and O–H groups in total. The molecular weight excluding hydrogens is 346 g/mol. The van der Waals surface area contributed by atoms with Crippen molar-refractivity contribution < 1.29 is 0 Å².